The molecule has 8 nitrogen and oxygen atoms in total. The summed E-state index contributed by atoms with van der Waals surface area (Å²) in [5.41, 5.74) is 0.922. The van der Waals surface area contributed by atoms with E-state index in [0.717, 1.165) is 17.0 Å². The van der Waals surface area contributed by atoms with Crippen molar-refractivity contribution in [2.45, 2.75) is 4.90 Å². The normalized spacial score (nSPS) is 11.5. The fourth-order valence-corrected chi connectivity index (χ4v) is 2.34. The third kappa shape index (κ3) is 2.67. The van der Waals surface area contributed by atoms with Crippen molar-refractivity contribution in [2.75, 3.05) is 0 Å². The summed E-state index contributed by atoms with van der Waals surface area (Å²) in [5.74, 6) is -0.860. The molecule has 0 saturated heterocycles. The third-order valence-electron chi connectivity index (χ3n) is 2.85. The van der Waals surface area contributed by atoms with Gasteiger partial charge in [0.25, 0.3) is 0 Å². The van der Waals surface area contributed by atoms with Gasteiger partial charge < -0.3 is 9.39 Å². The van der Waals surface area contributed by atoms with Crippen LogP contribution in [0.2, 0.25) is 0 Å². The van der Waals surface area contributed by atoms with Crippen molar-refractivity contribution in [3.63, 3.8) is 0 Å². The number of rotatable bonds is 3. The fraction of sp³-hybridized carbons (Fsp3) is 0. The molecular formula is C13H8N3O5S-. The van der Waals surface area contributed by atoms with E-state index in [0.29, 0.717) is 11.0 Å². The van der Waals surface area contributed by atoms with Crippen LogP contribution in [0.4, 0.5) is 0 Å². The lowest BCUT2D eigenvalue weighted by atomic mass is 10.2. The molecule has 9 heteroatoms. The molecule has 0 unspecified atom stereocenters. The maximum Gasteiger partial charge on any atom is 0.365 e. The second-order valence-electron chi connectivity index (χ2n) is 4.31. The first-order chi connectivity index (χ1) is 10.4. The summed E-state index contributed by atoms with van der Waals surface area (Å²) >= 11 is 0. The second-order valence-corrected chi connectivity index (χ2v) is 5.69. The molecule has 1 aromatic heterocycles. The molecule has 3 aromatic rings. The number of carbonyl (C=O) groups is 1. The van der Waals surface area contributed by atoms with Crippen molar-refractivity contribution >= 4 is 27.1 Å². The zero-order chi connectivity index (χ0) is 15.7. The molecule has 1 heterocycles. The molecule has 0 aliphatic carbocycles. The Kier molecular flexibility index (Phi) is 3.35. The van der Waals surface area contributed by atoms with E-state index in [1.807, 2.05) is 0 Å². The zero-order valence-corrected chi connectivity index (χ0v) is 11.7. The Bertz CT molecular complexity index is 964. The number of nitrogens with zero attached hydrogens (tertiary/aromatic N) is 3. The molecule has 0 N–H and O–H groups in total. The molecule has 22 heavy (non-hydrogen) atoms. The number of hydrogen-bond acceptors (Lipinski definition) is 7. The van der Waals surface area contributed by atoms with Crippen LogP contribution < -0.4 is 4.84 Å². The molecule has 2 aromatic carbocycles. The van der Waals surface area contributed by atoms with Crippen LogP contribution in [-0.2, 0) is 10.1 Å². The minimum absolute atomic E-state index is 0.0866. The van der Waals surface area contributed by atoms with E-state index < -0.39 is 21.0 Å². The first kappa shape index (κ1) is 14.2. The van der Waals surface area contributed by atoms with Gasteiger partial charge in [-0.3, -0.25) is 0 Å². The SMILES string of the molecule is O=C(On1nnc2ccccc21)c1cccc(S(=O)(=O)[O-])c1. The van der Waals surface area contributed by atoms with E-state index in [1.165, 1.54) is 12.1 Å². The topological polar surface area (TPSA) is 114 Å². The van der Waals surface area contributed by atoms with Crippen molar-refractivity contribution in [1.82, 2.24) is 15.2 Å². The Morgan fingerprint density at radius 3 is 2.68 bits per heavy atom. The highest BCUT2D eigenvalue weighted by Gasteiger charge is 2.14. The zero-order valence-electron chi connectivity index (χ0n) is 10.9. The highest BCUT2D eigenvalue weighted by Crippen LogP contribution is 2.12. The van der Waals surface area contributed by atoms with Gasteiger partial charge in [-0.1, -0.05) is 23.0 Å². The van der Waals surface area contributed by atoms with Crippen molar-refractivity contribution in [3.8, 4) is 0 Å². The molecule has 0 fully saturated rings. The molecule has 3 rings (SSSR count). The third-order valence-corrected chi connectivity index (χ3v) is 3.68. The van der Waals surface area contributed by atoms with Gasteiger partial charge in [0.05, 0.1) is 10.5 Å². The molecule has 112 valence electrons. The van der Waals surface area contributed by atoms with Gasteiger partial charge in [0, 0.05) is 0 Å². The van der Waals surface area contributed by atoms with Gasteiger partial charge in [-0.15, -0.1) is 5.10 Å². The van der Waals surface area contributed by atoms with Crippen molar-refractivity contribution in [2.24, 2.45) is 0 Å². The van der Waals surface area contributed by atoms with E-state index in [4.69, 9.17) is 4.84 Å². The summed E-state index contributed by atoms with van der Waals surface area (Å²) in [7, 11) is -4.65. The fourth-order valence-electron chi connectivity index (χ4n) is 1.82. The van der Waals surface area contributed by atoms with Gasteiger partial charge in [0.1, 0.15) is 21.2 Å². The molecule has 0 aliphatic heterocycles. The van der Waals surface area contributed by atoms with Gasteiger partial charge in [-0.25, -0.2) is 13.2 Å². The van der Waals surface area contributed by atoms with E-state index >= 15 is 0 Å². The lowest BCUT2D eigenvalue weighted by Gasteiger charge is -2.08. The molecule has 0 amide bonds. The lowest BCUT2D eigenvalue weighted by molar-refractivity contribution is 0.0408. The van der Waals surface area contributed by atoms with E-state index in [9.17, 15) is 17.8 Å². The Balaban J connectivity index is 1.92. The van der Waals surface area contributed by atoms with Crippen LogP contribution in [0.3, 0.4) is 0 Å². The highest BCUT2D eigenvalue weighted by molar-refractivity contribution is 7.85. The monoisotopic (exact) mass is 318 g/mol. The van der Waals surface area contributed by atoms with Crippen LogP contribution in [0, 0.1) is 0 Å². The molecule has 0 aliphatic rings. The van der Waals surface area contributed by atoms with Crippen LogP contribution in [0.1, 0.15) is 10.4 Å². The Hall–Kier alpha value is -2.78. The minimum atomic E-state index is -4.65. The number of carbonyl (C=O) groups excluding carboxylic acids is 1. The van der Waals surface area contributed by atoms with E-state index in [2.05, 4.69) is 10.3 Å². The summed E-state index contributed by atoms with van der Waals surface area (Å²) in [4.78, 5) is 17.5. The van der Waals surface area contributed by atoms with Crippen LogP contribution in [0.25, 0.3) is 11.0 Å². The first-order valence-corrected chi connectivity index (χ1v) is 7.45. The van der Waals surface area contributed by atoms with Crippen LogP contribution in [0.15, 0.2) is 53.4 Å². The van der Waals surface area contributed by atoms with Gasteiger partial charge in [-0.05, 0) is 35.5 Å². The van der Waals surface area contributed by atoms with Gasteiger partial charge in [0.2, 0.25) is 0 Å². The van der Waals surface area contributed by atoms with Crippen LogP contribution in [0.5, 0.6) is 0 Å². The number of aromatic nitrogens is 3. The molecule has 0 radical (unpaired) electrons. The quantitative estimate of drug-likeness (QED) is 0.513. The second kappa shape index (κ2) is 5.20. The number of hydrogen-bond donors (Lipinski definition) is 0. The predicted octanol–water partition coefficient (Wildman–Crippen LogP) is 0.604. The molecule has 0 bridgehead atoms. The largest absolute Gasteiger partial charge is 0.744 e. The van der Waals surface area contributed by atoms with E-state index in [1.54, 1.807) is 24.3 Å². The minimum Gasteiger partial charge on any atom is -0.744 e. The number of fused-ring (bicyclic) bond motifs is 1. The van der Waals surface area contributed by atoms with Crippen LogP contribution >= 0.6 is 0 Å². The number of benzene rings is 2. The number of para-hydroxylation sites is 1. The Morgan fingerprint density at radius 2 is 1.91 bits per heavy atom. The molecular weight excluding hydrogens is 310 g/mol. The van der Waals surface area contributed by atoms with Crippen molar-refractivity contribution < 1.29 is 22.6 Å². The highest BCUT2D eigenvalue weighted by atomic mass is 32.2. The summed E-state index contributed by atoms with van der Waals surface area (Å²) < 4.78 is 32.9. The average Bonchev–Trinajstić information content (AvgIpc) is 2.90. The van der Waals surface area contributed by atoms with Gasteiger partial charge in [-0.2, -0.15) is 0 Å². The van der Waals surface area contributed by atoms with Crippen molar-refractivity contribution in [1.29, 1.82) is 0 Å². The first-order valence-electron chi connectivity index (χ1n) is 6.04. The lowest BCUT2D eigenvalue weighted by Crippen LogP contribution is -2.21. The van der Waals surface area contributed by atoms with Gasteiger partial charge >= 0.3 is 5.97 Å². The summed E-state index contributed by atoms with van der Waals surface area (Å²) in [6.07, 6.45) is 0. The van der Waals surface area contributed by atoms with E-state index in [-0.39, 0.29) is 5.56 Å². The van der Waals surface area contributed by atoms with Crippen molar-refractivity contribution in [3.05, 3.63) is 54.1 Å². The standard InChI is InChI=1S/C13H9N3O5S/c17-13(9-4-3-5-10(8-9)22(18,19)20)21-16-12-7-2-1-6-11(12)14-15-16/h1-8H,(H,18,19,20)/p-1. The Labute approximate surface area is 124 Å². The maximum absolute atomic E-state index is 12.0. The maximum atomic E-state index is 12.0. The summed E-state index contributed by atoms with van der Waals surface area (Å²) in [5, 5.41) is 7.49. The van der Waals surface area contributed by atoms with Gasteiger partial charge in [0.15, 0.2) is 0 Å². The Morgan fingerprint density at radius 1 is 1.14 bits per heavy atom. The molecule has 0 saturated carbocycles. The predicted molar refractivity (Wildman–Crippen MR) is 72.8 cm³/mol. The molecule has 0 atom stereocenters. The molecule has 0 spiro atoms. The summed E-state index contributed by atoms with van der Waals surface area (Å²) in [6, 6.07) is 11.5. The average molecular weight is 318 g/mol. The summed E-state index contributed by atoms with van der Waals surface area (Å²) in [6.45, 7) is 0. The smallest absolute Gasteiger partial charge is 0.365 e. The van der Waals surface area contributed by atoms with Crippen LogP contribution in [-0.4, -0.2) is 34.1 Å².